The molecular formula is C24H28O4. The predicted molar refractivity (Wildman–Crippen MR) is 111 cm³/mol. The van der Waals surface area contributed by atoms with Crippen LogP contribution in [0.2, 0.25) is 0 Å². The van der Waals surface area contributed by atoms with Crippen molar-refractivity contribution in [2.24, 2.45) is 11.3 Å². The molecule has 1 saturated carbocycles. The highest BCUT2D eigenvalue weighted by Crippen LogP contribution is 2.52. The fourth-order valence-corrected chi connectivity index (χ4v) is 4.29. The van der Waals surface area contributed by atoms with Crippen LogP contribution in [0, 0.1) is 11.3 Å². The summed E-state index contributed by atoms with van der Waals surface area (Å²) in [4.78, 5) is 11.4. The number of ether oxygens (including phenoxy) is 2. The number of methoxy groups -OCH3 is 2. The summed E-state index contributed by atoms with van der Waals surface area (Å²) in [7, 11) is 3.32. The van der Waals surface area contributed by atoms with E-state index in [1.54, 1.807) is 14.2 Å². The number of carboxylic acids is 1. The Bertz CT molecular complexity index is 811. The molecule has 1 N–H and O–H groups in total. The third kappa shape index (κ3) is 3.91. The molecule has 4 heteroatoms. The Morgan fingerprint density at radius 2 is 1.43 bits per heavy atom. The summed E-state index contributed by atoms with van der Waals surface area (Å²) in [6, 6.07) is 16.2. The van der Waals surface area contributed by atoms with Crippen LogP contribution in [0.4, 0.5) is 0 Å². The maximum absolute atomic E-state index is 11.4. The van der Waals surface area contributed by atoms with Crippen LogP contribution < -0.4 is 9.47 Å². The van der Waals surface area contributed by atoms with Crippen LogP contribution in [0.15, 0.2) is 54.1 Å². The van der Waals surface area contributed by atoms with Crippen molar-refractivity contribution in [1.82, 2.24) is 0 Å². The molecular weight excluding hydrogens is 352 g/mol. The van der Waals surface area contributed by atoms with Gasteiger partial charge in [0.15, 0.2) is 0 Å². The molecule has 1 fully saturated rings. The minimum atomic E-state index is -0.727. The van der Waals surface area contributed by atoms with E-state index >= 15 is 0 Å². The smallest absolute Gasteiger partial charge is 0.303 e. The minimum absolute atomic E-state index is 0.131. The normalized spacial score (nSPS) is 18.0. The first-order valence-electron chi connectivity index (χ1n) is 9.61. The van der Waals surface area contributed by atoms with Crippen LogP contribution in [0.1, 0.15) is 44.2 Å². The molecule has 0 unspecified atom stereocenters. The Kier molecular flexibility index (Phi) is 5.78. The van der Waals surface area contributed by atoms with Gasteiger partial charge in [-0.15, -0.1) is 0 Å². The SMILES string of the molecule is COc1ccc(C(=C2CC[C@H](CC(=O)O)C2(C)C)c2ccc(OC)cc2)cc1. The van der Waals surface area contributed by atoms with Gasteiger partial charge in [0.2, 0.25) is 0 Å². The van der Waals surface area contributed by atoms with Crippen molar-refractivity contribution < 1.29 is 19.4 Å². The summed E-state index contributed by atoms with van der Waals surface area (Å²) in [6.45, 7) is 4.35. The lowest BCUT2D eigenvalue weighted by molar-refractivity contribution is -0.138. The molecule has 0 aromatic heterocycles. The van der Waals surface area contributed by atoms with Gasteiger partial charge < -0.3 is 14.6 Å². The number of rotatable bonds is 6. The van der Waals surface area contributed by atoms with Gasteiger partial charge in [0.25, 0.3) is 0 Å². The zero-order valence-corrected chi connectivity index (χ0v) is 17.0. The van der Waals surface area contributed by atoms with E-state index in [0.717, 1.165) is 35.5 Å². The number of aliphatic carboxylic acids is 1. The Balaban J connectivity index is 2.14. The molecule has 0 radical (unpaired) electrons. The third-order valence-corrected chi connectivity index (χ3v) is 6.02. The fourth-order valence-electron chi connectivity index (χ4n) is 4.29. The fraction of sp³-hybridized carbons (Fsp3) is 0.375. The van der Waals surface area contributed by atoms with Gasteiger partial charge >= 0.3 is 5.97 Å². The molecule has 4 nitrogen and oxygen atoms in total. The Labute approximate surface area is 166 Å². The molecule has 2 aromatic rings. The molecule has 0 amide bonds. The van der Waals surface area contributed by atoms with E-state index < -0.39 is 5.97 Å². The summed E-state index contributed by atoms with van der Waals surface area (Å²) < 4.78 is 10.6. The van der Waals surface area contributed by atoms with E-state index in [2.05, 4.69) is 38.1 Å². The molecule has 0 saturated heterocycles. The number of benzene rings is 2. The molecule has 0 heterocycles. The molecule has 1 aliphatic carbocycles. The van der Waals surface area contributed by atoms with Crippen LogP contribution in [0.3, 0.4) is 0 Å². The molecule has 28 heavy (non-hydrogen) atoms. The summed E-state index contributed by atoms with van der Waals surface area (Å²) in [6.07, 6.45) is 2.00. The molecule has 0 bridgehead atoms. The van der Waals surface area contributed by atoms with Crippen molar-refractivity contribution in [1.29, 1.82) is 0 Å². The van der Waals surface area contributed by atoms with Gasteiger partial charge in [-0.25, -0.2) is 0 Å². The highest BCUT2D eigenvalue weighted by atomic mass is 16.5. The highest BCUT2D eigenvalue weighted by Gasteiger charge is 2.41. The molecule has 0 spiro atoms. The van der Waals surface area contributed by atoms with Crippen molar-refractivity contribution in [2.75, 3.05) is 14.2 Å². The van der Waals surface area contributed by atoms with Crippen LogP contribution in [-0.4, -0.2) is 25.3 Å². The van der Waals surface area contributed by atoms with Crippen molar-refractivity contribution in [3.63, 3.8) is 0 Å². The van der Waals surface area contributed by atoms with Crippen LogP contribution in [0.25, 0.3) is 5.57 Å². The maximum Gasteiger partial charge on any atom is 0.303 e. The number of carboxylic acid groups (broad SMARTS) is 1. The van der Waals surface area contributed by atoms with Gasteiger partial charge in [-0.2, -0.15) is 0 Å². The monoisotopic (exact) mass is 380 g/mol. The first-order valence-corrected chi connectivity index (χ1v) is 9.61. The van der Waals surface area contributed by atoms with Gasteiger partial charge in [0, 0.05) is 6.42 Å². The average molecular weight is 380 g/mol. The van der Waals surface area contributed by atoms with Crippen LogP contribution >= 0.6 is 0 Å². The summed E-state index contributed by atoms with van der Waals surface area (Å²) in [5.41, 5.74) is 4.54. The van der Waals surface area contributed by atoms with Crippen molar-refractivity contribution >= 4 is 11.5 Å². The first-order chi connectivity index (χ1) is 13.4. The van der Waals surface area contributed by atoms with Gasteiger partial charge in [-0.05, 0) is 65.1 Å². The zero-order valence-electron chi connectivity index (χ0n) is 17.0. The van der Waals surface area contributed by atoms with Gasteiger partial charge in [0.05, 0.1) is 14.2 Å². The quantitative estimate of drug-likeness (QED) is 0.727. The lowest BCUT2D eigenvalue weighted by atomic mass is 9.74. The lowest BCUT2D eigenvalue weighted by Crippen LogP contribution is -2.22. The first kappa shape index (κ1) is 20.0. The Morgan fingerprint density at radius 3 is 1.82 bits per heavy atom. The number of carbonyl (C=O) groups is 1. The van der Waals surface area contributed by atoms with Gasteiger partial charge in [-0.1, -0.05) is 43.7 Å². The number of allylic oxidation sites excluding steroid dienone is 1. The topological polar surface area (TPSA) is 55.8 Å². The average Bonchev–Trinajstić information content (AvgIpc) is 2.97. The zero-order chi connectivity index (χ0) is 20.3. The van der Waals surface area contributed by atoms with E-state index in [-0.39, 0.29) is 17.8 Å². The van der Waals surface area contributed by atoms with Crippen LogP contribution in [-0.2, 0) is 4.79 Å². The summed E-state index contributed by atoms with van der Waals surface area (Å²) in [5, 5.41) is 9.34. The van der Waals surface area contributed by atoms with E-state index in [1.165, 1.54) is 11.1 Å². The van der Waals surface area contributed by atoms with Crippen molar-refractivity contribution in [2.45, 2.75) is 33.1 Å². The standard InChI is InChI=1S/C24H28O4/c1-24(2)18(15-22(25)26)9-14-21(24)23(16-5-10-19(27-3)11-6-16)17-7-12-20(28-4)13-8-17/h5-8,10-13,18H,9,14-15H2,1-4H3,(H,25,26)/t18-/m1/s1. The largest absolute Gasteiger partial charge is 0.497 e. The second-order valence-electron chi connectivity index (χ2n) is 7.87. The predicted octanol–water partition coefficient (Wildman–Crippen LogP) is 5.42. The third-order valence-electron chi connectivity index (χ3n) is 6.02. The Hall–Kier alpha value is -2.75. The van der Waals surface area contributed by atoms with E-state index in [4.69, 9.17) is 9.47 Å². The molecule has 3 rings (SSSR count). The minimum Gasteiger partial charge on any atom is -0.497 e. The highest BCUT2D eigenvalue weighted by molar-refractivity contribution is 5.83. The van der Waals surface area contributed by atoms with Crippen molar-refractivity contribution in [3.8, 4) is 11.5 Å². The van der Waals surface area contributed by atoms with Crippen molar-refractivity contribution in [3.05, 3.63) is 65.2 Å². The maximum atomic E-state index is 11.4. The van der Waals surface area contributed by atoms with Crippen LogP contribution in [0.5, 0.6) is 11.5 Å². The van der Waals surface area contributed by atoms with E-state index in [9.17, 15) is 9.90 Å². The van der Waals surface area contributed by atoms with E-state index in [1.807, 2.05) is 24.3 Å². The Morgan fingerprint density at radius 1 is 0.964 bits per heavy atom. The molecule has 1 atom stereocenters. The molecule has 1 aliphatic rings. The molecule has 0 aliphatic heterocycles. The number of hydrogen-bond donors (Lipinski definition) is 1. The summed E-state index contributed by atoms with van der Waals surface area (Å²) >= 11 is 0. The van der Waals surface area contributed by atoms with Gasteiger partial charge in [-0.3, -0.25) is 4.79 Å². The van der Waals surface area contributed by atoms with E-state index in [0.29, 0.717) is 0 Å². The second kappa shape index (κ2) is 8.09. The molecule has 2 aromatic carbocycles. The summed E-state index contributed by atoms with van der Waals surface area (Å²) in [5.74, 6) is 1.04. The van der Waals surface area contributed by atoms with Gasteiger partial charge in [0.1, 0.15) is 11.5 Å². The lowest BCUT2D eigenvalue weighted by Gasteiger charge is -2.30. The number of hydrogen-bond acceptors (Lipinski definition) is 3. The molecule has 148 valence electrons. The second-order valence-corrected chi connectivity index (χ2v) is 7.87.